The fraction of sp³-hybridized carbons (Fsp3) is 0.333. The molecule has 1 N–H and O–H groups in total. The number of allylic oxidation sites excluding steroid dienone is 1. The first-order valence-electron chi connectivity index (χ1n) is 4.61. The molecule has 0 unspecified atom stereocenters. The third-order valence-electron chi connectivity index (χ3n) is 2.07. The maximum Gasteiger partial charge on any atom is 0.126 e. The molecule has 0 atom stereocenters. The normalized spacial score (nSPS) is 11.4. The fourth-order valence-corrected chi connectivity index (χ4v) is 1.36. The van der Waals surface area contributed by atoms with Crippen LogP contribution in [-0.4, -0.2) is 5.11 Å². The Kier molecular flexibility index (Phi) is 3.13. The van der Waals surface area contributed by atoms with Crippen molar-refractivity contribution in [2.45, 2.75) is 26.7 Å². The molecule has 0 heterocycles. The van der Waals surface area contributed by atoms with Crippen LogP contribution < -0.4 is 0 Å². The lowest BCUT2D eigenvalue weighted by Gasteiger charge is -2.09. The quantitative estimate of drug-likeness (QED) is 0.730. The first-order valence-corrected chi connectivity index (χ1v) is 4.61. The van der Waals surface area contributed by atoms with Crippen LogP contribution in [-0.2, 0) is 0 Å². The highest BCUT2D eigenvalue weighted by Crippen LogP contribution is 2.29. The summed E-state index contributed by atoms with van der Waals surface area (Å²) in [6.07, 6.45) is 3.85. The van der Waals surface area contributed by atoms with E-state index in [1.165, 1.54) is 0 Å². The topological polar surface area (TPSA) is 20.2 Å². The highest BCUT2D eigenvalue weighted by molar-refractivity contribution is 5.59. The monoisotopic (exact) mass is 176 g/mol. The van der Waals surface area contributed by atoms with Crippen LogP contribution in [0.5, 0.6) is 5.75 Å². The van der Waals surface area contributed by atoms with E-state index in [1.54, 1.807) is 0 Å². The predicted octanol–water partition coefficient (Wildman–Crippen LogP) is 3.55. The lowest BCUT2D eigenvalue weighted by molar-refractivity contribution is 0.463. The summed E-state index contributed by atoms with van der Waals surface area (Å²) in [6, 6.07) is 5.86. The fourth-order valence-electron chi connectivity index (χ4n) is 1.36. The van der Waals surface area contributed by atoms with Gasteiger partial charge in [0.2, 0.25) is 0 Å². The van der Waals surface area contributed by atoms with Gasteiger partial charge >= 0.3 is 0 Å². The van der Waals surface area contributed by atoms with Crippen molar-refractivity contribution in [2.24, 2.45) is 0 Å². The van der Waals surface area contributed by atoms with Crippen LogP contribution in [0, 0.1) is 0 Å². The Hall–Kier alpha value is -1.24. The van der Waals surface area contributed by atoms with Crippen LogP contribution in [0.1, 0.15) is 37.8 Å². The number of aromatic hydroxyl groups is 1. The molecule has 0 radical (unpaired) electrons. The van der Waals surface area contributed by atoms with E-state index in [-0.39, 0.29) is 0 Å². The second-order valence-corrected chi connectivity index (χ2v) is 3.44. The van der Waals surface area contributed by atoms with Crippen molar-refractivity contribution in [1.29, 1.82) is 0 Å². The minimum absolute atomic E-state index is 0.366. The van der Waals surface area contributed by atoms with Gasteiger partial charge in [0, 0.05) is 5.56 Å². The number of benzene rings is 1. The van der Waals surface area contributed by atoms with E-state index < -0.39 is 0 Å². The molecule has 1 aromatic rings. The highest BCUT2D eigenvalue weighted by Gasteiger charge is 2.07. The second-order valence-electron chi connectivity index (χ2n) is 3.44. The van der Waals surface area contributed by atoms with Gasteiger partial charge < -0.3 is 5.11 Å². The summed E-state index contributed by atoms with van der Waals surface area (Å²) >= 11 is 0. The van der Waals surface area contributed by atoms with Gasteiger partial charge in [0.05, 0.1) is 0 Å². The molecule has 0 aliphatic heterocycles. The van der Waals surface area contributed by atoms with Crippen molar-refractivity contribution >= 4 is 6.08 Å². The molecular formula is C12H16O. The number of phenolic OH excluding ortho intramolecular Hbond substituents is 1. The zero-order valence-corrected chi connectivity index (χ0v) is 8.41. The van der Waals surface area contributed by atoms with Crippen molar-refractivity contribution in [3.63, 3.8) is 0 Å². The molecule has 0 aromatic heterocycles. The Morgan fingerprint density at radius 1 is 1.31 bits per heavy atom. The van der Waals surface area contributed by atoms with E-state index in [0.717, 1.165) is 11.1 Å². The van der Waals surface area contributed by atoms with Crippen molar-refractivity contribution in [3.8, 4) is 5.75 Å². The van der Waals surface area contributed by atoms with Crippen molar-refractivity contribution in [3.05, 3.63) is 35.4 Å². The number of hydrogen-bond donors (Lipinski definition) is 1. The molecule has 0 spiro atoms. The average Bonchev–Trinajstić information content (AvgIpc) is 2.08. The Balaban J connectivity index is 3.18. The minimum atomic E-state index is 0.366. The van der Waals surface area contributed by atoms with Gasteiger partial charge in [-0.2, -0.15) is 0 Å². The van der Waals surface area contributed by atoms with Crippen molar-refractivity contribution in [2.75, 3.05) is 0 Å². The maximum absolute atomic E-state index is 9.84. The molecule has 13 heavy (non-hydrogen) atoms. The number of phenols is 1. The van der Waals surface area contributed by atoms with Gasteiger partial charge in [-0.3, -0.25) is 0 Å². The average molecular weight is 176 g/mol. The van der Waals surface area contributed by atoms with Crippen LogP contribution in [0.15, 0.2) is 24.3 Å². The summed E-state index contributed by atoms with van der Waals surface area (Å²) in [7, 11) is 0. The third kappa shape index (κ3) is 2.11. The van der Waals surface area contributed by atoms with E-state index in [1.807, 2.05) is 37.3 Å². The largest absolute Gasteiger partial charge is 0.507 e. The van der Waals surface area contributed by atoms with Gasteiger partial charge in [-0.25, -0.2) is 0 Å². The van der Waals surface area contributed by atoms with Gasteiger partial charge in [-0.05, 0) is 18.4 Å². The summed E-state index contributed by atoms with van der Waals surface area (Å²) in [5.74, 6) is 0.779. The van der Waals surface area contributed by atoms with E-state index in [0.29, 0.717) is 11.7 Å². The first kappa shape index (κ1) is 9.85. The summed E-state index contributed by atoms with van der Waals surface area (Å²) < 4.78 is 0. The lowest BCUT2D eigenvalue weighted by atomic mass is 9.99. The molecule has 0 saturated heterocycles. The smallest absolute Gasteiger partial charge is 0.126 e. The summed E-state index contributed by atoms with van der Waals surface area (Å²) in [5.41, 5.74) is 1.91. The van der Waals surface area contributed by atoms with E-state index >= 15 is 0 Å². The molecule has 0 aliphatic carbocycles. The van der Waals surface area contributed by atoms with Gasteiger partial charge in [-0.1, -0.05) is 44.2 Å². The van der Waals surface area contributed by atoms with Gasteiger partial charge in [-0.15, -0.1) is 0 Å². The molecule has 0 amide bonds. The van der Waals surface area contributed by atoms with Crippen LogP contribution in [0.2, 0.25) is 0 Å². The Labute approximate surface area is 79.7 Å². The van der Waals surface area contributed by atoms with E-state index in [2.05, 4.69) is 13.8 Å². The Bertz CT molecular complexity index is 311. The molecule has 0 bridgehead atoms. The predicted molar refractivity (Wildman–Crippen MR) is 56.9 cm³/mol. The highest BCUT2D eigenvalue weighted by atomic mass is 16.3. The van der Waals surface area contributed by atoms with E-state index in [4.69, 9.17) is 0 Å². The molecule has 1 nitrogen and oxygen atoms in total. The van der Waals surface area contributed by atoms with Crippen LogP contribution in [0.4, 0.5) is 0 Å². The molecule has 1 rings (SSSR count). The first-order chi connectivity index (χ1) is 6.16. The van der Waals surface area contributed by atoms with Gasteiger partial charge in [0.25, 0.3) is 0 Å². The van der Waals surface area contributed by atoms with Crippen LogP contribution >= 0.6 is 0 Å². The molecule has 70 valence electrons. The van der Waals surface area contributed by atoms with E-state index in [9.17, 15) is 5.11 Å². The summed E-state index contributed by atoms with van der Waals surface area (Å²) in [4.78, 5) is 0. The van der Waals surface area contributed by atoms with Crippen LogP contribution in [0.25, 0.3) is 6.08 Å². The molecular weight excluding hydrogens is 160 g/mol. The van der Waals surface area contributed by atoms with Gasteiger partial charge in [0.15, 0.2) is 0 Å². The number of para-hydroxylation sites is 1. The van der Waals surface area contributed by atoms with Crippen LogP contribution in [0.3, 0.4) is 0 Å². The number of hydrogen-bond acceptors (Lipinski definition) is 1. The molecule has 0 aliphatic rings. The SMILES string of the molecule is C/C=C/c1cccc(C(C)C)c1O. The van der Waals surface area contributed by atoms with Crippen molar-refractivity contribution in [1.82, 2.24) is 0 Å². The standard InChI is InChI=1S/C12H16O/c1-4-6-10-7-5-8-11(9(2)3)12(10)13/h4-9,13H,1-3H3/b6-4+. The van der Waals surface area contributed by atoms with Gasteiger partial charge in [0.1, 0.15) is 5.75 Å². The second kappa shape index (κ2) is 4.13. The minimum Gasteiger partial charge on any atom is -0.507 e. The molecule has 1 aromatic carbocycles. The maximum atomic E-state index is 9.84. The zero-order chi connectivity index (χ0) is 9.84. The Morgan fingerprint density at radius 3 is 2.54 bits per heavy atom. The van der Waals surface area contributed by atoms with Crippen molar-refractivity contribution < 1.29 is 5.11 Å². The third-order valence-corrected chi connectivity index (χ3v) is 2.07. The number of rotatable bonds is 2. The lowest BCUT2D eigenvalue weighted by Crippen LogP contribution is -1.89. The molecule has 1 heteroatoms. The molecule has 0 saturated carbocycles. The molecule has 0 fully saturated rings. The summed E-state index contributed by atoms with van der Waals surface area (Å²) in [6.45, 7) is 6.10. The Morgan fingerprint density at radius 2 is 2.00 bits per heavy atom. The summed E-state index contributed by atoms with van der Waals surface area (Å²) in [5, 5.41) is 9.84. The zero-order valence-electron chi connectivity index (χ0n) is 8.41.